The molecule has 0 aliphatic carbocycles. The monoisotopic (exact) mass is 484 g/mol. The number of fused-ring (bicyclic) bond motifs is 1. The minimum absolute atomic E-state index is 0.149. The number of aromatic hydroxyl groups is 1. The highest BCUT2D eigenvalue weighted by Crippen LogP contribution is 2.29. The molecule has 0 saturated carbocycles. The fourth-order valence-corrected chi connectivity index (χ4v) is 2.93. The van der Waals surface area contributed by atoms with Gasteiger partial charge < -0.3 is 24.1 Å². The Balaban J connectivity index is 0.000000406. The Morgan fingerprint density at radius 3 is 2.53 bits per heavy atom. The van der Waals surface area contributed by atoms with Gasteiger partial charge in [0.05, 0.1) is 26.4 Å². The zero-order valence-corrected chi connectivity index (χ0v) is 18.2. The van der Waals surface area contributed by atoms with Gasteiger partial charge in [-0.2, -0.15) is 23.1 Å². The maximum Gasteiger partial charge on any atom is 0.490 e. The number of aliphatic carboxylic acids is 1. The number of ether oxygens (including phenoxy) is 2. The molecule has 0 unspecified atom stereocenters. The Morgan fingerprint density at radius 1 is 1.21 bits per heavy atom. The van der Waals surface area contributed by atoms with Gasteiger partial charge in [-0.1, -0.05) is 13.0 Å². The average Bonchev–Trinajstić information content (AvgIpc) is 3.22. The van der Waals surface area contributed by atoms with E-state index in [4.69, 9.17) is 23.8 Å². The van der Waals surface area contributed by atoms with Crippen LogP contribution < -0.4 is 4.74 Å². The fraction of sp³-hybridized carbons (Fsp3) is 0.429. The van der Waals surface area contributed by atoms with Crippen LogP contribution in [0, 0.1) is 0 Å². The lowest BCUT2D eigenvalue weighted by Gasteiger charge is -2.25. The topological polar surface area (TPSA) is 131 Å². The number of aromatic nitrogens is 3. The van der Waals surface area contributed by atoms with E-state index in [0.717, 1.165) is 19.5 Å². The lowest BCUT2D eigenvalue weighted by atomic mass is 10.2. The Bertz CT molecular complexity index is 1120. The first-order chi connectivity index (χ1) is 16.2. The number of halogens is 3. The van der Waals surface area contributed by atoms with Gasteiger partial charge in [-0.25, -0.2) is 9.78 Å². The van der Waals surface area contributed by atoms with Crippen LogP contribution in [0.3, 0.4) is 0 Å². The summed E-state index contributed by atoms with van der Waals surface area (Å²) in [7, 11) is 0. The Hall–Kier alpha value is -3.45. The standard InChI is InChI=1S/C19H22N4O4.C2HF3O2/c1-2-8-26-18-16-19(21-15(20-18)12-23-6-9-25-10-7-23)27-17(22-16)13-4-3-5-14(24)11-13;3-2(4,5)1(6)7/h3-5,11,24H,2,6-10,12H2,1H3;(H,6,7). The lowest BCUT2D eigenvalue weighted by molar-refractivity contribution is -0.192. The van der Waals surface area contributed by atoms with Gasteiger partial charge in [0, 0.05) is 18.7 Å². The summed E-state index contributed by atoms with van der Waals surface area (Å²) >= 11 is 0. The number of phenols is 1. The number of carboxylic acid groups (broad SMARTS) is 1. The maximum absolute atomic E-state index is 10.6. The van der Waals surface area contributed by atoms with E-state index in [1.165, 1.54) is 0 Å². The van der Waals surface area contributed by atoms with Crippen molar-refractivity contribution < 1.29 is 42.1 Å². The van der Waals surface area contributed by atoms with E-state index in [1.54, 1.807) is 18.2 Å². The van der Waals surface area contributed by atoms with Crippen LogP contribution in [0.2, 0.25) is 0 Å². The molecule has 13 heteroatoms. The highest BCUT2D eigenvalue weighted by atomic mass is 19.4. The van der Waals surface area contributed by atoms with Gasteiger partial charge in [0.1, 0.15) is 5.75 Å². The molecule has 0 bridgehead atoms. The smallest absolute Gasteiger partial charge is 0.490 e. The van der Waals surface area contributed by atoms with E-state index in [2.05, 4.69) is 19.9 Å². The van der Waals surface area contributed by atoms with Crippen LogP contribution in [0.5, 0.6) is 11.6 Å². The summed E-state index contributed by atoms with van der Waals surface area (Å²) in [6.07, 6.45) is -4.22. The van der Waals surface area contributed by atoms with Crippen molar-refractivity contribution >= 4 is 17.2 Å². The molecule has 0 radical (unpaired) electrons. The molecule has 184 valence electrons. The van der Waals surface area contributed by atoms with Gasteiger partial charge in [0.25, 0.3) is 5.71 Å². The SMILES string of the molecule is CCCOc1nc(CN2CCOCC2)nc2oc(-c3cccc(O)c3)nc12.O=C(O)C(F)(F)F. The third-order valence-electron chi connectivity index (χ3n) is 4.52. The summed E-state index contributed by atoms with van der Waals surface area (Å²) in [5.41, 5.74) is 1.55. The van der Waals surface area contributed by atoms with E-state index < -0.39 is 12.1 Å². The Morgan fingerprint density at radius 2 is 1.91 bits per heavy atom. The van der Waals surface area contributed by atoms with E-state index >= 15 is 0 Å². The summed E-state index contributed by atoms with van der Waals surface area (Å²) in [5, 5.41) is 16.8. The molecule has 10 nitrogen and oxygen atoms in total. The van der Waals surface area contributed by atoms with Gasteiger partial charge in [0.2, 0.25) is 11.8 Å². The van der Waals surface area contributed by atoms with Crippen LogP contribution in [0.4, 0.5) is 13.2 Å². The highest BCUT2D eigenvalue weighted by molar-refractivity contribution is 5.77. The second-order valence-electron chi connectivity index (χ2n) is 7.21. The predicted octanol–water partition coefficient (Wildman–Crippen LogP) is 3.24. The highest BCUT2D eigenvalue weighted by Gasteiger charge is 2.38. The minimum Gasteiger partial charge on any atom is -0.508 e. The number of phenolic OH excluding ortho intramolecular Hbond substituents is 1. The molecule has 34 heavy (non-hydrogen) atoms. The molecule has 0 atom stereocenters. The quantitative estimate of drug-likeness (QED) is 0.538. The molecule has 3 heterocycles. The number of hydrogen-bond donors (Lipinski definition) is 2. The Kier molecular flexibility index (Phi) is 8.23. The number of morpholine rings is 1. The fourth-order valence-electron chi connectivity index (χ4n) is 2.93. The van der Waals surface area contributed by atoms with Crippen LogP contribution in [-0.2, 0) is 16.1 Å². The van der Waals surface area contributed by atoms with Crippen molar-refractivity contribution in [3.05, 3.63) is 30.1 Å². The van der Waals surface area contributed by atoms with Gasteiger partial charge in [-0.05, 0) is 24.6 Å². The first-order valence-electron chi connectivity index (χ1n) is 10.4. The number of alkyl halides is 3. The summed E-state index contributed by atoms with van der Waals surface area (Å²) < 4.78 is 48.8. The summed E-state index contributed by atoms with van der Waals surface area (Å²) in [6.45, 7) is 6.29. The van der Waals surface area contributed by atoms with Crippen LogP contribution in [0.25, 0.3) is 22.7 Å². The Labute approximate surface area is 192 Å². The molecule has 4 rings (SSSR count). The first-order valence-corrected chi connectivity index (χ1v) is 10.4. The van der Waals surface area contributed by atoms with Gasteiger partial charge >= 0.3 is 12.1 Å². The first kappa shape index (κ1) is 25.2. The van der Waals surface area contributed by atoms with Crippen molar-refractivity contribution in [2.75, 3.05) is 32.9 Å². The molecular formula is C21H23F3N4O6. The summed E-state index contributed by atoms with van der Waals surface area (Å²) in [6, 6.07) is 6.75. The lowest BCUT2D eigenvalue weighted by Crippen LogP contribution is -2.36. The second kappa shape index (κ2) is 11.1. The number of carboxylic acids is 1. The largest absolute Gasteiger partial charge is 0.508 e. The van der Waals surface area contributed by atoms with Gasteiger partial charge in [0.15, 0.2) is 11.3 Å². The minimum atomic E-state index is -5.08. The molecule has 0 amide bonds. The van der Waals surface area contributed by atoms with Crippen molar-refractivity contribution in [3.63, 3.8) is 0 Å². The van der Waals surface area contributed by atoms with Crippen molar-refractivity contribution in [2.24, 2.45) is 0 Å². The number of nitrogens with zero attached hydrogens (tertiary/aromatic N) is 4. The normalized spacial score (nSPS) is 14.5. The molecule has 1 aliphatic heterocycles. The molecule has 1 saturated heterocycles. The molecule has 2 aromatic heterocycles. The van der Waals surface area contributed by atoms with Crippen LogP contribution in [-0.4, -0.2) is 75.1 Å². The molecule has 0 spiro atoms. The zero-order valence-electron chi connectivity index (χ0n) is 18.2. The van der Waals surface area contributed by atoms with Crippen LogP contribution in [0.15, 0.2) is 28.7 Å². The summed E-state index contributed by atoms with van der Waals surface area (Å²) in [4.78, 5) is 24.7. The summed E-state index contributed by atoms with van der Waals surface area (Å²) in [5.74, 6) is -1.17. The van der Waals surface area contributed by atoms with Crippen LogP contribution >= 0.6 is 0 Å². The van der Waals surface area contributed by atoms with Crippen molar-refractivity contribution in [1.82, 2.24) is 19.9 Å². The third kappa shape index (κ3) is 6.78. The van der Waals surface area contributed by atoms with Gasteiger partial charge in [-0.15, -0.1) is 0 Å². The number of hydrogen-bond acceptors (Lipinski definition) is 9. The number of carbonyl (C=O) groups is 1. The van der Waals surface area contributed by atoms with Crippen molar-refractivity contribution in [3.8, 4) is 23.1 Å². The second-order valence-corrected chi connectivity index (χ2v) is 7.21. The van der Waals surface area contributed by atoms with Crippen LogP contribution in [0.1, 0.15) is 19.2 Å². The molecule has 2 N–H and O–H groups in total. The van der Waals surface area contributed by atoms with Crippen molar-refractivity contribution in [1.29, 1.82) is 0 Å². The van der Waals surface area contributed by atoms with Crippen molar-refractivity contribution in [2.45, 2.75) is 26.1 Å². The molecule has 3 aromatic rings. The number of oxazole rings is 1. The average molecular weight is 484 g/mol. The van der Waals surface area contributed by atoms with E-state index in [0.29, 0.717) is 60.8 Å². The third-order valence-corrected chi connectivity index (χ3v) is 4.52. The van der Waals surface area contributed by atoms with E-state index in [1.807, 2.05) is 13.0 Å². The van der Waals surface area contributed by atoms with E-state index in [9.17, 15) is 18.3 Å². The maximum atomic E-state index is 10.6. The zero-order chi connectivity index (χ0) is 24.7. The number of rotatable bonds is 6. The number of benzene rings is 1. The molecule has 1 aliphatic rings. The van der Waals surface area contributed by atoms with E-state index in [-0.39, 0.29) is 5.75 Å². The molecule has 1 fully saturated rings. The molecule has 1 aromatic carbocycles. The predicted molar refractivity (Wildman–Crippen MR) is 112 cm³/mol. The van der Waals surface area contributed by atoms with Gasteiger partial charge in [-0.3, -0.25) is 4.90 Å². The molecular weight excluding hydrogens is 461 g/mol.